The Bertz CT molecular complexity index is 1250. The molecule has 0 bridgehead atoms. The highest BCUT2D eigenvalue weighted by atomic mass is 35.5. The number of anilines is 1. The molecule has 0 spiro atoms. The van der Waals surface area contributed by atoms with E-state index in [4.69, 9.17) is 38.7 Å². The second-order valence-corrected chi connectivity index (χ2v) is 9.09. The molecular formula is C24H23Cl2N5OS. The fraction of sp³-hybridized carbons (Fsp3) is 0.208. The van der Waals surface area contributed by atoms with Crippen molar-refractivity contribution in [1.29, 1.82) is 0 Å². The van der Waals surface area contributed by atoms with Gasteiger partial charge in [-0.05, 0) is 47.9 Å². The van der Waals surface area contributed by atoms with E-state index in [0.29, 0.717) is 15.7 Å². The van der Waals surface area contributed by atoms with Crippen LogP contribution in [-0.2, 0) is 5.75 Å². The van der Waals surface area contributed by atoms with Crippen LogP contribution in [0.15, 0.2) is 66.1 Å². The lowest BCUT2D eigenvalue weighted by Gasteiger charge is -2.23. The number of rotatable bonds is 8. The van der Waals surface area contributed by atoms with E-state index in [2.05, 4.69) is 33.6 Å². The predicted octanol–water partition coefficient (Wildman–Crippen LogP) is 6.53. The molecule has 2 N–H and O–H groups in total. The highest BCUT2D eigenvalue weighted by Crippen LogP contribution is 2.36. The molecule has 0 aliphatic rings. The third kappa shape index (κ3) is 5.27. The van der Waals surface area contributed by atoms with E-state index in [-0.39, 0.29) is 12.0 Å². The summed E-state index contributed by atoms with van der Waals surface area (Å²) in [4.78, 5) is 13.2. The minimum atomic E-state index is -0.0215. The Labute approximate surface area is 207 Å². The van der Waals surface area contributed by atoms with E-state index in [9.17, 15) is 0 Å². The normalized spacial score (nSPS) is 12.0. The number of thioether (sulfide) groups is 1. The van der Waals surface area contributed by atoms with Crippen molar-refractivity contribution in [1.82, 2.24) is 19.5 Å². The zero-order valence-corrected chi connectivity index (χ0v) is 20.5. The molecule has 0 saturated carbocycles. The van der Waals surface area contributed by atoms with Gasteiger partial charge in [-0.2, -0.15) is 0 Å². The van der Waals surface area contributed by atoms with Crippen molar-refractivity contribution in [2.24, 2.45) is 0 Å². The minimum absolute atomic E-state index is 0.0215. The van der Waals surface area contributed by atoms with Gasteiger partial charge in [-0.15, -0.1) is 0 Å². The second-order valence-electron chi connectivity index (χ2n) is 7.33. The van der Waals surface area contributed by atoms with Crippen molar-refractivity contribution >= 4 is 40.9 Å². The first-order valence-electron chi connectivity index (χ1n) is 10.4. The summed E-state index contributed by atoms with van der Waals surface area (Å²) >= 11 is 14.2. The van der Waals surface area contributed by atoms with E-state index in [1.807, 2.05) is 42.6 Å². The van der Waals surface area contributed by atoms with Gasteiger partial charge in [-0.25, -0.2) is 15.0 Å². The number of imidazole rings is 1. The molecule has 1 atom stereocenters. The van der Waals surface area contributed by atoms with Gasteiger partial charge in [0.1, 0.15) is 5.75 Å². The van der Waals surface area contributed by atoms with Crippen LogP contribution >= 0.6 is 35.0 Å². The van der Waals surface area contributed by atoms with Crippen LogP contribution in [0.4, 0.5) is 5.95 Å². The lowest BCUT2D eigenvalue weighted by Crippen LogP contribution is -2.13. The van der Waals surface area contributed by atoms with Crippen LogP contribution < -0.4 is 10.5 Å². The molecule has 0 radical (unpaired) electrons. The Morgan fingerprint density at radius 2 is 1.85 bits per heavy atom. The number of hydrogen-bond acceptors (Lipinski definition) is 6. The van der Waals surface area contributed by atoms with Crippen molar-refractivity contribution in [2.75, 3.05) is 12.8 Å². The summed E-state index contributed by atoms with van der Waals surface area (Å²) in [6.07, 6.45) is 4.30. The molecule has 4 aromatic rings. The van der Waals surface area contributed by atoms with Gasteiger partial charge in [0.05, 0.1) is 40.8 Å². The maximum Gasteiger partial charge on any atom is 0.220 e. The molecule has 6 nitrogen and oxygen atoms in total. The standard InChI is InChI=1S/C24H23Cl2N5OS/c1-3-21(16-6-9-18(25)19(26)12-16)31-22(20-10-11-28-23(27)30-20)13-29-24(31)33-14-15-4-7-17(32-2)8-5-15/h4-13,21H,3,14H2,1-2H3,(H2,27,28,30). The van der Waals surface area contributed by atoms with E-state index in [1.165, 1.54) is 5.56 Å². The van der Waals surface area contributed by atoms with Crippen LogP contribution in [0, 0.1) is 0 Å². The van der Waals surface area contributed by atoms with Crippen LogP contribution in [-0.4, -0.2) is 26.6 Å². The number of benzene rings is 2. The molecule has 9 heteroatoms. The zero-order chi connectivity index (χ0) is 23.4. The van der Waals surface area contributed by atoms with Crippen LogP contribution in [0.1, 0.15) is 30.5 Å². The molecule has 2 aromatic heterocycles. The van der Waals surface area contributed by atoms with Crippen molar-refractivity contribution < 1.29 is 4.74 Å². The van der Waals surface area contributed by atoms with Crippen LogP contribution in [0.5, 0.6) is 5.75 Å². The van der Waals surface area contributed by atoms with Gasteiger partial charge in [0.25, 0.3) is 0 Å². The van der Waals surface area contributed by atoms with Gasteiger partial charge in [0, 0.05) is 11.9 Å². The number of hydrogen-bond donors (Lipinski definition) is 1. The lowest BCUT2D eigenvalue weighted by molar-refractivity contribution is 0.414. The highest BCUT2D eigenvalue weighted by molar-refractivity contribution is 7.98. The first kappa shape index (κ1) is 23.4. The number of nitrogen functional groups attached to an aromatic ring is 1. The monoisotopic (exact) mass is 499 g/mol. The first-order valence-corrected chi connectivity index (χ1v) is 12.1. The summed E-state index contributed by atoms with van der Waals surface area (Å²) in [5.74, 6) is 1.80. The zero-order valence-electron chi connectivity index (χ0n) is 18.2. The molecule has 1 unspecified atom stereocenters. The molecule has 170 valence electrons. The molecule has 0 fully saturated rings. The fourth-order valence-corrected chi connectivity index (χ4v) is 4.90. The predicted molar refractivity (Wildman–Crippen MR) is 135 cm³/mol. The smallest absolute Gasteiger partial charge is 0.220 e. The van der Waals surface area contributed by atoms with E-state index >= 15 is 0 Å². The van der Waals surface area contributed by atoms with Crippen molar-refractivity contribution in [3.8, 4) is 17.1 Å². The summed E-state index contributed by atoms with van der Waals surface area (Å²) in [5.41, 5.74) is 9.65. The molecule has 2 aromatic carbocycles. The first-order chi connectivity index (χ1) is 16.0. The van der Waals surface area contributed by atoms with Gasteiger partial charge in [0.15, 0.2) is 5.16 Å². The highest BCUT2D eigenvalue weighted by Gasteiger charge is 2.22. The molecule has 0 aliphatic heterocycles. The number of aromatic nitrogens is 4. The van der Waals surface area contributed by atoms with E-state index < -0.39 is 0 Å². The molecule has 4 rings (SSSR count). The molecule has 0 aliphatic carbocycles. The summed E-state index contributed by atoms with van der Waals surface area (Å²) in [6.45, 7) is 2.13. The van der Waals surface area contributed by atoms with Gasteiger partial charge < -0.3 is 15.0 Å². The SMILES string of the molecule is CCC(c1ccc(Cl)c(Cl)c1)n1c(-c2ccnc(N)n2)cnc1SCc1ccc(OC)cc1. The van der Waals surface area contributed by atoms with Gasteiger partial charge in [0.2, 0.25) is 5.95 Å². The number of nitrogens with zero attached hydrogens (tertiary/aromatic N) is 4. The fourth-order valence-electron chi connectivity index (χ4n) is 3.61. The number of halogens is 2. The number of ether oxygens (including phenoxy) is 1. The van der Waals surface area contributed by atoms with Crippen molar-refractivity contribution in [3.63, 3.8) is 0 Å². The largest absolute Gasteiger partial charge is 0.497 e. The second kappa shape index (κ2) is 10.5. The van der Waals surface area contributed by atoms with E-state index in [1.54, 1.807) is 25.1 Å². The third-order valence-electron chi connectivity index (χ3n) is 5.25. The van der Waals surface area contributed by atoms with Crippen LogP contribution in [0.3, 0.4) is 0 Å². The van der Waals surface area contributed by atoms with Crippen molar-refractivity contribution in [2.45, 2.75) is 30.3 Å². The Morgan fingerprint density at radius 3 is 2.52 bits per heavy atom. The summed E-state index contributed by atoms with van der Waals surface area (Å²) in [6, 6.07) is 15.6. The number of methoxy groups -OCH3 is 1. The summed E-state index contributed by atoms with van der Waals surface area (Å²) in [7, 11) is 1.66. The van der Waals surface area contributed by atoms with Crippen molar-refractivity contribution in [3.05, 3.63) is 82.1 Å². The molecule has 33 heavy (non-hydrogen) atoms. The lowest BCUT2D eigenvalue weighted by atomic mass is 10.0. The Morgan fingerprint density at radius 1 is 1.06 bits per heavy atom. The quantitative estimate of drug-likeness (QED) is 0.277. The van der Waals surface area contributed by atoms with Crippen LogP contribution in [0.2, 0.25) is 10.0 Å². The van der Waals surface area contributed by atoms with Gasteiger partial charge in [-0.1, -0.05) is 60.1 Å². The molecular weight excluding hydrogens is 477 g/mol. The third-order valence-corrected chi connectivity index (χ3v) is 7.03. The molecule has 0 saturated heterocycles. The molecule has 0 amide bonds. The topological polar surface area (TPSA) is 78.9 Å². The molecule has 2 heterocycles. The van der Waals surface area contributed by atoms with E-state index in [0.717, 1.165) is 34.3 Å². The summed E-state index contributed by atoms with van der Waals surface area (Å²) in [5, 5.41) is 1.92. The minimum Gasteiger partial charge on any atom is -0.497 e. The maximum absolute atomic E-state index is 6.35. The average Bonchev–Trinajstić information content (AvgIpc) is 3.24. The Hall–Kier alpha value is -2.74. The maximum atomic E-state index is 6.35. The van der Waals surface area contributed by atoms with Crippen LogP contribution in [0.25, 0.3) is 11.4 Å². The Kier molecular flexibility index (Phi) is 7.42. The number of nitrogens with two attached hydrogens (primary N) is 1. The van der Waals surface area contributed by atoms with Gasteiger partial charge in [-0.3, -0.25) is 0 Å². The average molecular weight is 500 g/mol. The van der Waals surface area contributed by atoms with Gasteiger partial charge >= 0.3 is 0 Å². The summed E-state index contributed by atoms with van der Waals surface area (Å²) < 4.78 is 7.45. The Balaban J connectivity index is 1.75.